The summed E-state index contributed by atoms with van der Waals surface area (Å²) in [6.45, 7) is 0.817. The lowest BCUT2D eigenvalue weighted by molar-refractivity contribution is -0.140. The van der Waals surface area contributed by atoms with E-state index in [0.29, 0.717) is 32.0 Å². The van der Waals surface area contributed by atoms with Crippen molar-refractivity contribution >= 4 is 11.8 Å². The fourth-order valence-electron chi connectivity index (χ4n) is 5.33. The normalized spacial score (nSPS) is 21.2. The van der Waals surface area contributed by atoms with Gasteiger partial charge in [-0.1, -0.05) is 24.3 Å². The average Bonchev–Trinajstić information content (AvgIpc) is 3.64. The molecule has 2 aliphatic carbocycles. The number of benzene rings is 2. The van der Waals surface area contributed by atoms with Crippen molar-refractivity contribution in [3.8, 4) is 0 Å². The van der Waals surface area contributed by atoms with E-state index in [4.69, 9.17) is 0 Å². The first kappa shape index (κ1) is 21.1. The molecule has 5 rings (SSSR count). The second-order valence-corrected chi connectivity index (χ2v) is 9.27. The van der Waals surface area contributed by atoms with Gasteiger partial charge in [0.1, 0.15) is 11.6 Å². The summed E-state index contributed by atoms with van der Waals surface area (Å²) in [5.41, 5.74) is 2.52. The van der Waals surface area contributed by atoms with Gasteiger partial charge in [0.25, 0.3) is 5.91 Å². The van der Waals surface area contributed by atoms with Crippen LogP contribution >= 0.6 is 0 Å². The Bertz CT molecular complexity index is 1030. The number of rotatable bonds is 4. The molecule has 2 fully saturated rings. The largest absolute Gasteiger partial charge is 0.339 e. The van der Waals surface area contributed by atoms with Gasteiger partial charge in [0.05, 0.1) is 11.6 Å². The molecular weight excluding hydrogens is 410 g/mol. The number of fused-ring (bicyclic) bond motifs is 1. The fraction of sp³-hybridized carbons (Fsp3) is 0.462. The Labute approximate surface area is 187 Å². The van der Waals surface area contributed by atoms with Crippen molar-refractivity contribution in [3.63, 3.8) is 0 Å². The highest BCUT2D eigenvalue weighted by Crippen LogP contribution is 2.42. The minimum Gasteiger partial charge on any atom is -0.339 e. The molecule has 0 aromatic heterocycles. The molecule has 1 aliphatic heterocycles. The van der Waals surface area contributed by atoms with Crippen LogP contribution in [0.15, 0.2) is 42.5 Å². The van der Waals surface area contributed by atoms with Gasteiger partial charge in [0.15, 0.2) is 0 Å². The summed E-state index contributed by atoms with van der Waals surface area (Å²) < 4.78 is 27.2. The number of carbonyl (C=O) groups excluding carboxylic acids is 2. The molecule has 3 aliphatic rings. The van der Waals surface area contributed by atoms with Crippen LogP contribution in [-0.4, -0.2) is 40.7 Å². The molecule has 6 heteroatoms. The van der Waals surface area contributed by atoms with E-state index in [9.17, 15) is 18.4 Å². The monoisotopic (exact) mass is 438 g/mol. The lowest BCUT2D eigenvalue weighted by Crippen LogP contribution is -2.46. The zero-order valence-electron chi connectivity index (χ0n) is 18.1. The Morgan fingerprint density at radius 3 is 2.41 bits per heavy atom. The molecule has 0 spiro atoms. The van der Waals surface area contributed by atoms with Gasteiger partial charge in [-0.05, 0) is 68.2 Å². The van der Waals surface area contributed by atoms with Crippen LogP contribution in [0.4, 0.5) is 8.78 Å². The van der Waals surface area contributed by atoms with Crippen molar-refractivity contribution in [3.05, 3.63) is 70.8 Å². The maximum atomic E-state index is 14.0. The van der Waals surface area contributed by atoms with Crippen LogP contribution in [0.3, 0.4) is 0 Å². The van der Waals surface area contributed by atoms with E-state index in [-0.39, 0.29) is 23.4 Å². The smallest absolute Gasteiger partial charge is 0.256 e. The first-order valence-electron chi connectivity index (χ1n) is 11.7. The van der Waals surface area contributed by atoms with E-state index in [1.54, 1.807) is 4.90 Å². The SMILES string of the molecule is O=C(c1ccc(F)cc1F)N1CCC(C(=O)N(C2CC2)C2CCCc3ccccc32)CC1. The third kappa shape index (κ3) is 4.03. The van der Waals surface area contributed by atoms with E-state index < -0.39 is 17.5 Å². The molecule has 4 nitrogen and oxygen atoms in total. The summed E-state index contributed by atoms with van der Waals surface area (Å²) in [5, 5.41) is 0. The third-order valence-electron chi connectivity index (χ3n) is 7.16. The topological polar surface area (TPSA) is 40.6 Å². The van der Waals surface area contributed by atoms with Crippen molar-refractivity contribution in [2.45, 2.75) is 57.0 Å². The molecule has 1 saturated heterocycles. The van der Waals surface area contributed by atoms with Gasteiger partial charge in [-0.15, -0.1) is 0 Å². The number of aryl methyl sites for hydroxylation is 1. The standard InChI is InChI=1S/C26H28F2N2O2/c27-19-8-11-22(23(28)16-19)26(32)29-14-12-18(13-15-29)25(31)30(20-9-10-20)24-7-3-5-17-4-1-2-6-21(17)24/h1-2,4,6,8,11,16,18,20,24H,3,5,7,9-10,12-15H2. The van der Waals surface area contributed by atoms with Crippen molar-refractivity contribution < 1.29 is 18.4 Å². The molecule has 1 heterocycles. The summed E-state index contributed by atoms with van der Waals surface area (Å²) in [6.07, 6.45) is 6.43. The van der Waals surface area contributed by atoms with Crippen molar-refractivity contribution in [2.24, 2.45) is 5.92 Å². The van der Waals surface area contributed by atoms with Crippen LogP contribution in [0.2, 0.25) is 0 Å². The molecule has 2 amide bonds. The maximum absolute atomic E-state index is 14.0. The minimum atomic E-state index is -0.843. The summed E-state index contributed by atoms with van der Waals surface area (Å²) in [5.74, 6) is -1.90. The number of hydrogen-bond acceptors (Lipinski definition) is 2. The molecule has 32 heavy (non-hydrogen) atoms. The Balaban J connectivity index is 1.28. The second-order valence-electron chi connectivity index (χ2n) is 9.27. The highest BCUT2D eigenvalue weighted by atomic mass is 19.1. The van der Waals surface area contributed by atoms with E-state index in [1.807, 2.05) is 0 Å². The Morgan fingerprint density at radius 2 is 1.69 bits per heavy atom. The van der Waals surface area contributed by atoms with Crippen LogP contribution in [0, 0.1) is 17.6 Å². The average molecular weight is 439 g/mol. The van der Waals surface area contributed by atoms with Crippen LogP contribution in [0.1, 0.15) is 66.1 Å². The first-order valence-corrected chi connectivity index (χ1v) is 11.7. The molecule has 0 bridgehead atoms. The lowest BCUT2D eigenvalue weighted by Gasteiger charge is -2.40. The number of amides is 2. The van der Waals surface area contributed by atoms with Gasteiger partial charge in [-0.3, -0.25) is 9.59 Å². The zero-order valence-corrected chi connectivity index (χ0v) is 18.1. The number of piperidine rings is 1. The first-order chi connectivity index (χ1) is 15.5. The predicted molar refractivity (Wildman–Crippen MR) is 117 cm³/mol. The second kappa shape index (κ2) is 8.64. The third-order valence-corrected chi connectivity index (χ3v) is 7.16. The van der Waals surface area contributed by atoms with Crippen LogP contribution < -0.4 is 0 Å². The van der Waals surface area contributed by atoms with Gasteiger partial charge in [0, 0.05) is 31.1 Å². The van der Waals surface area contributed by atoms with E-state index >= 15 is 0 Å². The fourth-order valence-corrected chi connectivity index (χ4v) is 5.33. The molecule has 2 aromatic rings. The molecule has 2 aromatic carbocycles. The highest BCUT2D eigenvalue weighted by Gasteiger charge is 2.42. The highest BCUT2D eigenvalue weighted by molar-refractivity contribution is 5.94. The van der Waals surface area contributed by atoms with Gasteiger partial charge in [-0.25, -0.2) is 8.78 Å². The van der Waals surface area contributed by atoms with Crippen molar-refractivity contribution in [1.82, 2.24) is 9.80 Å². The molecule has 1 atom stereocenters. The van der Waals surface area contributed by atoms with Gasteiger partial charge in [-0.2, -0.15) is 0 Å². The molecule has 1 saturated carbocycles. The van der Waals surface area contributed by atoms with Gasteiger partial charge >= 0.3 is 0 Å². The maximum Gasteiger partial charge on any atom is 0.256 e. The summed E-state index contributed by atoms with van der Waals surface area (Å²) >= 11 is 0. The summed E-state index contributed by atoms with van der Waals surface area (Å²) in [7, 11) is 0. The van der Waals surface area contributed by atoms with Crippen LogP contribution in [0.5, 0.6) is 0 Å². The lowest BCUT2D eigenvalue weighted by atomic mass is 9.85. The Hall–Kier alpha value is -2.76. The van der Waals surface area contributed by atoms with Crippen molar-refractivity contribution in [1.29, 1.82) is 0 Å². The number of hydrogen-bond donors (Lipinski definition) is 0. The molecule has 0 radical (unpaired) electrons. The quantitative estimate of drug-likeness (QED) is 0.682. The molecule has 168 valence electrons. The van der Waals surface area contributed by atoms with Gasteiger partial charge < -0.3 is 9.80 Å². The van der Waals surface area contributed by atoms with Gasteiger partial charge in [0.2, 0.25) is 5.91 Å². The number of nitrogens with zero attached hydrogens (tertiary/aromatic N) is 2. The Morgan fingerprint density at radius 1 is 0.938 bits per heavy atom. The van der Waals surface area contributed by atoms with Crippen LogP contribution in [-0.2, 0) is 11.2 Å². The Kier molecular flexibility index (Phi) is 5.70. The number of carbonyl (C=O) groups is 2. The molecule has 0 N–H and O–H groups in total. The molecule has 1 unspecified atom stereocenters. The van der Waals surface area contributed by atoms with E-state index in [0.717, 1.165) is 44.2 Å². The zero-order chi connectivity index (χ0) is 22.2. The van der Waals surface area contributed by atoms with E-state index in [1.165, 1.54) is 17.2 Å². The minimum absolute atomic E-state index is 0.116. The van der Waals surface area contributed by atoms with E-state index in [2.05, 4.69) is 29.2 Å². The number of likely N-dealkylation sites (tertiary alicyclic amines) is 1. The number of halogens is 2. The molecular formula is C26H28F2N2O2. The summed E-state index contributed by atoms with van der Waals surface area (Å²) in [6, 6.07) is 12.0. The summed E-state index contributed by atoms with van der Waals surface area (Å²) in [4.78, 5) is 30.1. The van der Waals surface area contributed by atoms with Crippen LogP contribution in [0.25, 0.3) is 0 Å². The predicted octanol–water partition coefficient (Wildman–Crippen LogP) is 4.89. The van der Waals surface area contributed by atoms with Crippen molar-refractivity contribution in [2.75, 3.05) is 13.1 Å².